The molecular weight excluding hydrogens is 518 g/mol. The summed E-state index contributed by atoms with van der Waals surface area (Å²) in [4.78, 5) is 47.6. The van der Waals surface area contributed by atoms with Crippen molar-refractivity contribution in [2.45, 2.75) is 61.0 Å². The summed E-state index contributed by atoms with van der Waals surface area (Å²) in [5.74, 6) is -1.50. The molecule has 218 valence electrons. The van der Waals surface area contributed by atoms with Gasteiger partial charge in [-0.2, -0.15) is 0 Å². The first-order valence-corrected chi connectivity index (χ1v) is 15.4. The first-order chi connectivity index (χ1) is 19.0. The molecule has 4 aliphatic heterocycles. The molecule has 4 rings (SSSR count). The monoisotopic (exact) mass is 563 g/mol. The number of aliphatic hydroxyl groups is 1. The number of rotatable bonds is 16. The minimum atomic E-state index is -0.612. The van der Waals surface area contributed by atoms with E-state index in [-0.39, 0.29) is 29.6 Å². The number of carbonyl (C=O) groups is 3. The lowest BCUT2D eigenvalue weighted by molar-refractivity contribution is -0.154. The Morgan fingerprint density at radius 3 is 2.67 bits per heavy atom. The van der Waals surface area contributed by atoms with Crippen LogP contribution in [0.1, 0.15) is 44.9 Å². The summed E-state index contributed by atoms with van der Waals surface area (Å²) in [5.41, 5.74) is 0. The van der Waals surface area contributed by atoms with Crippen LogP contribution in [0.25, 0.3) is 0 Å². The molecule has 4 fully saturated rings. The third kappa shape index (κ3) is 6.39. The van der Waals surface area contributed by atoms with Crippen LogP contribution in [-0.2, 0) is 23.9 Å². The van der Waals surface area contributed by atoms with Crippen LogP contribution >= 0.6 is 11.8 Å². The average molecular weight is 564 g/mol. The van der Waals surface area contributed by atoms with E-state index in [0.29, 0.717) is 58.7 Å². The second-order valence-electron chi connectivity index (χ2n) is 11.0. The third-order valence-electron chi connectivity index (χ3n) is 8.61. The van der Waals surface area contributed by atoms with Gasteiger partial charge in [-0.1, -0.05) is 12.2 Å². The zero-order valence-corrected chi connectivity index (χ0v) is 24.0. The van der Waals surface area contributed by atoms with Crippen LogP contribution in [0.15, 0.2) is 25.3 Å². The predicted molar refractivity (Wildman–Crippen MR) is 151 cm³/mol. The van der Waals surface area contributed by atoms with Gasteiger partial charge in [0.2, 0.25) is 11.8 Å². The molecule has 2 unspecified atom stereocenters. The van der Waals surface area contributed by atoms with E-state index >= 15 is 0 Å². The zero-order chi connectivity index (χ0) is 27.8. The lowest BCUT2D eigenvalue weighted by Gasteiger charge is -2.38. The number of hydrogen-bond donors (Lipinski definition) is 1. The van der Waals surface area contributed by atoms with Crippen molar-refractivity contribution in [1.82, 2.24) is 14.7 Å². The smallest absolute Gasteiger partial charge is 0.310 e. The maximum absolute atomic E-state index is 14.4. The first kappa shape index (κ1) is 30.1. The maximum Gasteiger partial charge on any atom is 0.310 e. The highest BCUT2D eigenvalue weighted by molar-refractivity contribution is 8.02. The Kier molecular flexibility index (Phi) is 10.9. The molecule has 4 saturated heterocycles. The van der Waals surface area contributed by atoms with E-state index in [2.05, 4.69) is 18.1 Å². The number of aliphatic hydroxyl groups excluding tert-OH is 1. The van der Waals surface area contributed by atoms with Crippen LogP contribution in [0.3, 0.4) is 0 Å². The molecule has 0 saturated carbocycles. The minimum absolute atomic E-state index is 0.00102. The highest BCUT2D eigenvalue weighted by Crippen LogP contribution is 2.66. The summed E-state index contributed by atoms with van der Waals surface area (Å²) in [6.07, 6.45) is 8.72. The number of carbonyl (C=O) groups excluding carboxylic acids is 3. The van der Waals surface area contributed by atoms with Gasteiger partial charge < -0.3 is 24.4 Å². The molecule has 2 amide bonds. The Bertz CT molecular complexity index is 896. The highest BCUT2D eigenvalue weighted by atomic mass is 32.2. The summed E-state index contributed by atoms with van der Waals surface area (Å²) < 4.78 is 10.5. The van der Waals surface area contributed by atoms with Crippen LogP contribution < -0.4 is 0 Å². The summed E-state index contributed by atoms with van der Waals surface area (Å²) in [6.45, 7) is 13.3. The van der Waals surface area contributed by atoms with Crippen molar-refractivity contribution in [3.63, 3.8) is 0 Å². The standard InChI is InChI=1S/C29H45N3O6S/c1-3-5-9-19-38-28(36)23-22-10-11-29(39-22)24(23)26(34)32(13-7-6-8-18-33)25(29)27(35)31(12-4-2)15-14-30-16-20-37-21-17-30/h3-4,22-25,33H,1-2,5-21H2/t22-,23+,24+,25?,29?/m1/s1. The minimum Gasteiger partial charge on any atom is -0.465 e. The molecule has 5 atom stereocenters. The van der Waals surface area contributed by atoms with Gasteiger partial charge in [-0.15, -0.1) is 24.9 Å². The molecule has 1 N–H and O–H groups in total. The van der Waals surface area contributed by atoms with Crippen molar-refractivity contribution in [1.29, 1.82) is 0 Å². The fourth-order valence-corrected chi connectivity index (χ4v) is 8.92. The highest BCUT2D eigenvalue weighted by Gasteiger charge is 2.74. The number of amides is 2. The van der Waals surface area contributed by atoms with Crippen molar-refractivity contribution < 1.29 is 29.0 Å². The van der Waals surface area contributed by atoms with Crippen molar-refractivity contribution in [2.24, 2.45) is 11.8 Å². The quantitative estimate of drug-likeness (QED) is 0.173. The van der Waals surface area contributed by atoms with E-state index in [1.54, 1.807) is 28.8 Å². The van der Waals surface area contributed by atoms with Gasteiger partial charge in [-0.05, 0) is 44.9 Å². The molecule has 0 radical (unpaired) electrons. The molecule has 2 bridgehead atoms. The van der Waals surface area contributed by atoms with E-state index in [4.69, 9.17) is 9.47 Å². The molecular formula is C29H45N3O6S. The predicted octanol–water partition coefficient (Wildman–Crippen LogP) is 2.10. The summed E-state index contributed by atoms with van der Waals surface area (Å²) in [5, 5.41) is 9.24. The SMILES string of the molecule is C=CCCCOC(=O)[C@@H]1[C@H]2C(=O)N(CCCCCO)C(C(=O)N(CC=C)CCN3CCOCC3)C23CC[C@H]1S3. The van der Waals surface area contributed by atoms with Crippen molar-refractivity contribution in [3.8, 4) is 0 Å². The molecule has 0 aromatic rings. The number of ether oxygens (including phenoxy) is 2. The third-order valence-corrected chi connectivity index (χ3v) is 10.6. The van der Waals surface area contributed by atoms with Gasteiger partial charge in [0.05, 0.1) is 36.4 Å². The number of thioether (sulfide) groups is 1. The second kappa shape index (κ2) is 14.1. The van der Waals surface area contributed by atoms with E-state index in [1.807, 2.05) is 4.90 Å². The Morgan fingerprint density at radius 1 is 1.15 bits per heavy atom. The number of likely N-dealkylation sites (tertiary alicyclic amines) is 1. The number of esters is 1. The topological polar surface area (TPSA) is 99.6 Å². The van der Waals surface area contributed by atoms with E-state index in [1.165, 1.54) is 0 Å². The van der Waals surface area contributed by atoms with Crippen LogP contribution in [0, 0.1) is 11.8 Å². The van der Waals surface area contributed by atoms with Gasteiger partial charge in [0.25, 0.3) is 0 Å². The Hall–Kier alpha value is -1.88. The number of morpholine rings is 1. The van der Waals surface area contributed by atoms with Crippen LogP contribution in [-0.4, -0.2) is 119 Å². The summed E-state index contributed by atoms with van der Waals surface area (Å²) in [7, 11) is 0. The lowest BCUT2D eigenvalue weighted by atomic mass is 9.71. The fourth-order valence-electron chi connectivity index (χ4n) is 6.72. The van der Waals surface area contributed by atoms with Crippen molar-refractivity contribution >= 4 is 29.5 Å². The maximum atomic E-state index is 14.4. The normalized spacial score (nSPS) is 29.9. The summed E-state index contributed by atoms with van der Waals surface area (Å²) in [6, 6.07) is -0.609. The second-order valence-corrected chi connectivity index (χ2v) is 12.6. The molecule has 10 heteroatoms. The Morgan fingerprint density at radius 2 is 1.95 bits per heavy atom. The van der Waals surface area contributed by atoms with E-state index in [0.717, 1.165) is 45.3 Å². The van der Waals surface area contributed by atoms with E-state index in [9.17, 15) is 19.5 Å². The fraction of sp³-hybridized carbons (Fsp3) is 0.759. The number of fused-ring (bicyclic) bond motifs is 1. The van der Waals surface area contributed by atoms with Gasteiger partial charge in [0, 0.05) is 51.1 Å². The van der Waals surface area contributed by atoms with E-state index < -0.39 is 22.6 Å². The number of nitrogens with zero attached hydrogens (tertiary/aromatic N) is 3. The van der Waals surface area contributed by atoms with Gasteiger partial charge >= 0.3 is 5.97 Å². The molecule has 0 aromatic heterocycles. The summed E-state index contributed by atoms with van der Waals surface area (Å²) >= 11 is 1.68. The number of unbranched alkanes of at least 4 members (excludes halogenated alkanes) is 3. The number of hydrogen-bond acceptors (Lipinski definition) is 8. The molecule has 9 nitrogen and oxygen atoms in total. The molecule has 1 spiro atoms. The van der Waals surface area contributed by atoms with Gasteiger partial charge in [0.15, 0.2) is 0 Å². The molecule has 4 aliphatic rings. The average Bonchev–Trinajstić information content (AvgIpc) is 3.59. The zero-order valence-electron chi connectivity index (χ0n) is 23.1. The first-order valence-electron chi connectivity index (χ1n) is 14.5. The van der Waals surface area contributed by atoms with Gasteiger partial charge in [0.1, 0.15) is 6.04 Å². The molecule has 39 heavy (non-hydrogen) atoms. The van der Waals surface area contributed by atoms with Crippen LogP contribution in [0.2, 0.25) is 0 Å². The molecule has 0 aromatic carbocycles. The largest absolute Gasteiger partial charge is 0.465 e. The van der Waals surface area contributed by atoms with Crippen LogP contribution in [0.4, 0.5) is 0 Å². The van der Waals surface area contributed by atoms with Crippen molar-refractivity contribution in [3.05, 3.63) is 25.3 Å². The molecule has 0 aliphatic carbocycles. The Balaban J connectivity index is 1.56. The molecule has 4 heterocycles. The Labute approximate surface area is 236 Å². The van der Waals surface area contributed by atoms with Gasteiger partial charge in [-0.25, -0.2) is 0 Å². The van der Waals surface area contributed by atoms with Crippen molar-refractivity contribution in [2.75, 3.05) is 65.7 Å². The lowest BCUT2D eigenvalue weighted by Crippen LogP contribution is -2.56. The van der Waals surface area contributed by atoms with Crippen LogP contribution in [0.5, 0.6) is 0 Å². The number of allylic oxidation sites excluding steroid dienone is 1. The van der Waals surface area contributed by atoms with Gasteiger partial charge in [-0.3, -0.25) is 19.3 Å².